The van der Waals surface area contributed by atoms with Crippen molar-refractivity contribution in [3.8, 4) is 0 Å². The fourth-order valence-corrected chi connectivity index (χ4v) is 2.32. The van der Waals surface area contributed by atoms with Gasteiger partial charge in [0.05, 0.1) is 11.3 Å². The lowest BCUT2D eigenvalue weighted by molar-refractivity contribution is -0.148. The number of anilines is 1. The van der Waals surface area contributed by atoms with E-state index in [1.54, 1.807) is 24.3 Å². The number of amides is 3. The topological polar surface area (TPSA) is 128 Å². The lowest BCUT2D eigenvalue weighted by Crippen LogP contribution is -2.40. The first-order valence-electron chi connectivity index (χ1n) is 8.19. The zero-order valence-electron chi connectivity index (χ0n) is 14.9. The molecule has 0 heterocycles. The number of carbonyl (C=O) groups is 4. The minimum absolute atomic E-state index is 0.130. The van der Waals surface area contributed by atoms with Crippen LogP contribution in [0.3, 0.4) is 0 Å². The summed E-state index contributed by atoms with van der Waals surface area (Å²) < 4.78 is 4.89. The van der Waals surface area contributed by atoms with Gasteiger partial charge >= 0.3 is 5.97 Å². The molecule has 0 aliphatic heterocycles. The van der Waals surface area contributed by atoms with Gasteiger partial charge in [-0.3, -0.25) is 14.4 Å². The van der Waals surface area contributed by atoms with E-state index in [2.05, 4.69) is 10.6 Å². The molecule has 28 heavy (non-hydrogen) atoms. The summed E-state index contributed by atoms with van der Waals surface area (Å²) in [5, 5.41) is 5.38. The second kappa shape index (κ2) is 9.52. The Hall–Kier alpha value is -3.39. The highest BCUT2D eigenvalue weighted by Gasteiger charge is 2.19. The van der Waals surface area contributed by atoms with Gasteiger partial charge in [-0.2, -0.15) is 0 Å². The van der Waals surface area contributed by atoms with E-state index >= 15 is 0 Å². The molecular formula is C19H18ClN3O5. The lowest BCUT2D eigenvalue weighted by atomic mass is 10.1. The van der Waals surface area contributed by atoms with Crippen molar-refractivity contribution in [2.45, 2.75) is 13.0 Å². The van der Waals surface area contributed by atoms with Crippen LogP contribution in [0, 0.1) is 0 Å². The summed E-state index contributed by atoms with van der Waals surface area (Å²) in [6.07, 6.45) is 0. The molecule has 8 nitrogen and oxygen atoms in total. The molecule has 0 aromatic heterocycles. The number of nitrogens with two attached hydrogens (primary N) is 1. The van der Waals surface area contributed by atoms with E-state index < -0.39 is 36.3 Å². The third kappa shape index (κ3) is 5.82. The van der Waals surface area contributed by atoms with Gasteiger partial charge in [0.25, 0.3) is 17.7 Å². The fourth-order valence-electron chi connectivity index (χ4n) is 2.20. The third-order valence-corrected chi connectivity index (χ3v) is 3.87. The molecule has 3 amide bonds. The van der Waals surface area contributed by atoms with Gasteiger partial charge in [-0.15, -0.1) is 0 Å². The van der Waals surface area contributed by atoms with Gasteiger partial charge in [0.15, 0.2) is 6.61 Å². The summed E-state index contributed by atoms with van der Waals surface area (Å²) in [6.45, 7) is 0.837. The molecule has 1 atom stereocenters. The van der Waals surface area contributed by atoms with Crippen molar-refractivity contribution in [2.75, 3.05) is 11.9 Å². The normalized spacial score (nSPS) is 11.2. The van der Waals surface area contributed by atoms with E-state index in [9.17, 15) is 19.2 Å². The molecule has 0 saturated heterocycles. The maximum absolute atomic E-state index is 12.1. The number of esters is 1. The van der Waals surface area contributed by atoms with E-state index in [-0.39, 0.29) is 11.3 Å². The highest BCUT2D eigenvalue weighted by atomic mass is 35.5. The molecule has 0 bridgehead atoms. The smallest absolute Gasteiger partial charge is 0.328 e. The molecule has 2 aromatic rings. The van der Waals surface area contributed by atoms with Gasteiger partial charge in [-0.25, -0.2) is 4.79 Å². The van der Waals surface area contributed by atoms with Gasteiger partial charge in [-0.05, 0) is 43.3 Å². The Bertz CT molecular complexity index is 899. The van der Waals surface area contributed by atoms with Crippen LogP contribution in [-0.4, -0.2) is 36.3 Å². The lowest BCUT2D eigenvalue weighted by Gasteiger charge is -2.14. The van der Waals surface area contributed by atoms with E-state index in [0.717, 1.165) is 0 Å². The summed E-state index contributed by atoms with van der Waals surface area (Å²) in [7, 11) is 0. The minimum Gasteiger partial charge on any atom is -0.454 e. The molecular weight excluding hydrogens is 386 g/mol. The van der Waals surface area contributed by atoms with Crippen LogP contribution >= 0.6 is 11.6 Å². The molecule has 2 rings (SSSR count). The SMILES string of the molecule is C[C@H](NC(=O)c1ccc(Cl)cc1)C(=O)OCC(=O)Nc1ccccc1C(N)=O. The van der Waals surface area contributed by atoms with E-state index in [0.29, 0.717) is 10.6 Å². The molecule has 2 aromatic carbocycles. The predicted octanol–water partition coefficient (Wildman–Crippen LogP) is 1.74. The van der Waals surface area contributed by atoms with E-state index in [1.807, 2.05) is 0 Å². The number of rotatable bonds is 7. The van der Waals surface area contributed by atoms with E-state index in [4.69, 9.17) is 22.1 Å². The van der Waals surface area contributed by atoms with Crippen LogP contribution in [0.4, 0.5) is 5.69 Å². The van der Waals surface area contributed by atoms with Crippen LogP contribution in [0.5, 0.6) is 0 Å². The van der Waals surface area contributed by atoms with Crippen molar-refractivity contribution in [1.82, 2.24) is 5.32 Å². The Morgan fingerprint density at radius 1 is 1.07 bits per heavy atom. The molecule has 0 aliphatic rings. The second-order valence-corrected chi connectivity index (χ2v) is 6.20. The Balaban J connectivity index is 1.85. The Kier molecular flexibility index (Phi) is 7.11. The molecule has 146 valence electrons. The Labute approximate surface area is 166 Å². The quantitative estimate of drug-likeness (QED) is 0.606. The largest absolute Gasteiger partial charge is 0.454 e. The molecule has 0 aliphatic carbocycles. The summed E-state index contributed by atoms with van der Waals surface area (Å²) in [5.74, 6) is -2.63. The maximum atomic E-state index is 12.1. The number of halogens is 1. The van der Waals surface area contributed by atoms with Crippen molar-refractivity contribution >= 4 is 41.0 Å². The van der Waals surface area contributed by atoms with Crippen LogP contribution in [0.1, 0.15) is 27.6 Å². The molecule has 9 heteroatoms. The predicted molar refractivity (Wildman–Crippen MR) is 103 cm³/mol. The van der Waals surface area contributed by atoms with Gasteiger partial charge in [-0.1, -0.05) is 23.7 Å². The van der Waals surface area contributed by atoms with Crippen molar-refractivity contribution in [3.63, 3.8) is 0 Å². The molecule has 0 spiro atoms. The Morgan fingerprint density at radius 3 is 2.36 bits per heavy atom. The van der Waals surface area contributed by atoms with Crippen LogP contribution in [0.25, 0.3) is 0 Å². The van der Waals surface area contributed by atoms with Gasteiger partial charge in [0.1, 0.15) is 6.04 Å². The number of nitrogens with one attached hydrogen (secondary N) is 2. The molecule has 4 N–H and O–H groups in total. The van der Waals surface area contributed by atoms with Crippen molar-refractivity contribution < 1.29 is 23.9 Å². The third-order valence-electron chi connectivity index (χ3n) is 3.62. The summed E-state index contributed by atoms with van der Waals surface area (Å²) >= 11 is 5.76. The van der Waals surface area contributed by atoms with Gasteiger partial charge < -0.3 is 21.1 Å². The summed E-state index contributed by atoms with van der Waals surface area (Å²) in [6, 6.07) is 11.3. The van der Waals surface area contributed by atoms with Crippen LogP contribution in [0.15, 0.2) is 48.5 Å². The first-order valence-corrected chi connectivity index (χ1v) is 8.57. The Morgan fingerprint density at radius 2 is 1.71 bits per heavy atom. The van der Waals surface area contributed by atoms with Gasteiger partial charge in [0.2, 0.25) is 0 Å². The average molecular weight is 404 g/mol. The zero-order chi connectivity index (χ0) is 20.7. The number of para-hydroxylation sites is 1. The molecule has 0 fully saturated rings. The first kappa shape index (κ1) is 20.9. The average Bonchev–Trinajstić information content (AvgIpc) is 2.66. The number of benzene rings is 2. The number of hydrogen-bond donors (Lipinski definition) is 3. The first-order chi connectivity index (χ1) is 13.3. The van der Waals surface area contributed by atoms with Crippen molar-refractivity contribution in [2.24, 2.45) is 5.73 Å². The zero-order valence-corrected chi connectivity index (χ0v) is 15.7. The van der Waals surface area contributed by atoms with Gasteiger partial charge in [0, 0.05) is 10.6 Å². The summed E-state index contributed by atoms with van der Waals surface area (Å²) in [4.78, 5) is 47.3. The number of primary amides is 1. The minimum atomic E-state index is -0.978. The highest BCUT2D eigenvalue weighted by Crippen LogP contribution is 2.14. The highest BCUT2D eigenvalue weighted by molar-refractivity contribution is 6.30. The number of hydrogen-bond acceptors (Lipinski definition) is 5. The van der Waals surface area contributed by atoms with Crippen LogP contribution < -0.4 is 16.4 Å². The molecule has 0 saturated carbocycles. The van der Waals surface area contributed by atoms with Crippen LogP contribution in [-0.2, 0) is 14.3 Å². The monoisotopic (exact) mass is 403 g/mol. The van der Waals surface area contributed by atoms with E-state index in [1.165, 1.54) is 31.2 Å². The summed E-state index contributed by atoms with van der Waals surface area (Å²) in [5.41, 5.74) is 5.89. The van der Waals surface area contributed by atoms with Crippen molar-refractivity contribution in [1.29, 1.82) is 0 Å². The maximum Gasteiger partial charge on any atom is 0.328 e. The number of carbonyl (C=O) groups excluding carboxylic acids is 4. The number of ether oxygens (including phenoxy) is 1. The van der Waals surface area contributed by atoms with Crippen LogP contribution in [0.2, 0.25) is 5.02 Å². The van der Waals surface area contributed by atoms with Crippen molar-refractivity contribution in [3.05, 3.63) is 64.7 Å². The molecule has 0 radical (unpaired) electrons. The second-order valence-electron chi connectivity index (χ2n) is 5.77. The molecule has 0 unspecified atom stereocenters. The fraction of sp³-hybridized carbons (Fsp3) is 0.158. The standard InChI is InChI=1S/C19H18ClN3O5/c1-11(22-18(26)12-6-8-13(20)9-7-12)19(27)28-10-16(24)23-15-5-3-2-4-14(15)17(21)25/h2-9,11H,10H2,1H3,(H2,21,25)(H,22,26)(H,23,24)/t11-/m0/s1.